The van der Waals surface area contributed by atoms with Crippen LogP contribution in [0, 0.1) is 22.0 Å². The number of nitrogens with zero attached hydrogens (tertiary/aromatic N) is 3. The highest BCUT2D eigenvalue weighted by Crippen LogP contribution is 2.35. The molecule has 0 radical (unpaired) electrons. The summed E-state index contributed by atoms with van der Waals surface area (Å²) in [5.41, 5.74) is 1.33. The van der Waals surface area contributed by atoms with Crippen LogP contribution < -0.4 is 0 Å². The van der Waals surface area contributed by atoms with Gasteiger partial charge in [0.15, 0.2) is 0 Å². The molecule has 2 amide bonds. The minimum Gasteiger partial charge on any atom is -0.366 e. The predicted octanol–water partition coefficient (Wildman–Crippen LogP) is 3.06. The molecular weight excluding hydrogens is 346 g/mol. The van der Waals surface area contributed by atoms with Gasteiger partial charge in [-0.2, -0.15) is 0 Å². The van der Waals surface area contributed by atoms with Crippen molar-refractivity contribution in [3.8, 4) is 0 Å². The van der Waals surface area contributed by atoms with Crippen LogP contribution in [0.25, 0.3) is 5.57 Å². The first-order valence-corrected chi connectivity index (χ1v) is 9.43. The van der Waals surface area contributed by atoms with E-state index in [0.29, 0.717) is 41.6 Å². The van der Waals surface area contributed by atoms with E-state index < -0.39 is 4.92 Å². The van der Waals surface area contributed by atoms with Crippen LogP contribution in [-0.2, 0) is 9.59 Å². The van der Waals surface area contributed by atoms with Gasteiger partial charge in [-0.05, 0) is 42.4 Å². The van der Waals surface area contributed by atoms with E-state index in [9.17, 15) is 19.7 Å². The van der Waals surface area contributed by atoms with Gasteiger partial charge in [0.2, 0.25) is 0 Å². The van der Waals surface area contributed by atoms with E-state index in [1.807, 2.05) is 11.8 Å². The van der Waals surface area contributed by atoms with Crippen molar-refractivity contribution < 1.29 is 14.5 Å². The summed E-state index contributed by atoms with van der Waals surface area (Å²) in [5, 5.41) is 10.9. The average Bonchev–Trinajstić information content (AvgIpc) is 2.86. The number of nitro benzene ring substituents is 1. The number of hydrogen-bond acceptors (Lipinski definition) is 5. The van der Waals surface area contributed by atoms with E-state index in [4.69, 9.17) is 0 Å². The van der Waals surface area contributed by atoms with Gasteiger partial charge in [-0.3, -0.25) is 24.6 Å². The van der Waals surface area contributed by atoms with Crippen LogP contribution in [0.4, 0.5) is 5.69 Å². The second-order valence-electron chi connectivity index (χ2n) is 7.64. The van der Waals surface area contributed by atoms with E-state index in [2.05, 4.69) is 13.8 Å². The van der Waals surface area contributed by atoms with Crippen LogP contribution >= 0.6 is 0 Å². The average molecular weight is 371 g/mol. The number of likely N-dealkylation sites (tertiary alicyclic amines) is 1. The van der Waals surface area contributed by atoms with Gasteiger partial charge in [0.1, 0.15) is 5.70 Å². The minimum atomic E-state index is -0.474. The van der Waals surface area contributed by atoms with Gasteiger partial charge in [-0.15, -0.1) is 0 Å². The molecule has 0 aromatic heterocycles. The van der Waals surface area contributed by atoms with Crippen molar-refractivity contribution in [3.63, 3.8) is 0 Å². The van der Waals surface area contributed by atoms with Crippen molar-refractivity contribution in [1.82, 2.24) is 9.80 Å². The summed E-state index contributed by atoms with van der Waals surface area (Å²) in [7, 11) is 0. The molecule has 1 aromatic rings. The molecule has 3 rings (SSSR count). The smallest absolute Gasteiger partial charge is 0.277 e. The molecule has 0 spiro atoms. The van der Waals surface area contributed by atoms with Gasteiger partial charge in [-0.25, -0.2) is 0 Å². The Balaban J connectivity index is 2.07. The fourth-order valence-corrected chi connectivity index (χ4v) is 4.14. The van der Waals surface area contributed by atoms with Crippen LogP contribution in [0.15, 0.2) is 30.0 Å². The van der Waals surface area contributed by atoms with Crippen molar-refractivity contribution in [1.29, 1.82) is 0 Å². The van der Waals surface area contributed by atoms with Gasteiger partial charge >= 0.3 is 0 Å². The third-order valence-corrected chi connectivity index (χ3v) is 5.14. The van der Waals surface area contributed by atoms with Gasteiger partial charge in [-0.1, -0.05) is 20.8 Å². The van der Waals surface area contributed by atoms with Crippen LogP contribution in [0.1, 0.15) is 39.2 Å². The summed E-state index contributed by atoms with van der Waals surface area (Å²) in [6.45, 7) is 8.07. The topological polar surface area (TPSA) is 83.8 Å². The summed E-state index contributed by atoms with van der Waals surface area (Å²) in [6.07, 6.45) is 1.78. The number of carbonyl (C=O) groups is 2. The van der Waals surface area contributed by atoms with E-state index in [-0.39, 0.29) is 17.5 Å². The maximum Gasteiger partial charge on any atom is 0.277 e. The summed E-state index contributed by atoms with van der Waals surface area (Å²) < 4.78 is 0. The first-order chi connectivity index (χ1) is 12.8. The summed E-state index contributed by atoms with van der Waals surface area (Å²) in [5.74, 6) is 0.304. The number of nitro groups is 1. The second-order valence-corrected chi connectivity index (χ2v) is 7.64. The first-order valence-electron chi connectivity index (χ1n) is 9.43. The molecule has 1 aromatic carbocycles. The number of imide groups is 1. The highest BCUT2D eigenvalue weighted by molar-refractivity contribution is 6.35. The number of hydrogen-bond donors (Lipinski definition) is 0. The molecule has 0 aliphatic carbocycles. The van der Waals surface area contributed by atoms with E-state index in [1.54, 1.807) is 12.1 Å². The summed E-state index contributed by atoms with van der Waals surface area (Å²) >= 11 is 0. The largest absolute Gasteiger partial charge is 0.366 e. The molecule has 2 heterocycles. The zero-order valence-electron chi connectivity index (χ0n) is 16.0. The van der Waals surface area contributed by atoms with E-state index in [1.165, 1.54) is 17.0 Å². The number of carbonyl (C=O) groups excluding carboxylic acids is 2. The van der Waals surface area contributed by atoms with Gasteiger partial charge in [0, 0.05) is 31.8 Å². The Morgan fingerprint density at radius 2 is 1.67 bits per heavy atom. The minimum absolute atomic E-state index is 0.0386. The Bertz CT molecular complexity index is 790. The lowest BCUT2D eigenvalue weighted by molar-refractivity contribution is -0.384. The number of rotatable bonds is 5. The summed E-state index contributed by atoms with van der Waals surface area (Å²) in [6, 6.07) is 5.87. The molecule has 7 heteroatoms. The zero-order valence-corrected chi connectivity index (χ0v) is 16.0. The maximum atomic E-state index is 13.1. The molecule has 144 valence electrons. The molecular formula is C20H25N3O4. The monoisotopic (exact) mass is 371 g/mol. The van der Waals surface area contributed by atoms with Gasteiger partial charge < -0.3 is 4.90 Å². The highest BCUT2D eigenvalue weighted by Gasteiger charge is 2.42. The standard InChI is InChI=1S/C20H25N3O4/c1-4-9-22-19(24)17(15-5-7-16(8-6-15)23(26)27)18(20(22)25)21-11-13(2)10-14(3)12-21/h5-8,13-14H,4,9-12H2,1-3H3. The van der Waals surface area contributed by atoms with E-state index in [0.717, 1.165) is 19.5 Å². The first kappa shape index (κ1) is 19.1. The fraction of sp³-hybridized carbons (Fsp3) is 0.500. The van der Waals surface area contributed by atoms with Crippen molar-refractivity contribution in [2.45, 2.75) is 33.6 Å². The van der Waals surface area contributed by atoms with Gasteiger partial charge in [0.25, 0.3) is 17.5 Å². The van der Waals surface area contributed by atoms with Crippen molar-refractivity contribution >= 4 is 23.1 Å². The fourth-order valence-electron chi connectivity index (χ4n) is 4.14. The van der Waals surface area contributed by atoms with E-state index >= 15 is 0 Å². The molecule has 1 fully saturated rings. The van der Waals surface area contributed by atoms with Gasteiger partial charge in [0.05, 0.1) is 10.5 Å². The molecule has 2 atom stereocenters. The van der Waals surface area contributed by atoms with Crippen LogP contribution in [-0.4, -0.2) is 46.2 Å². The Morgan fingerprint density at radius 3 is 2.19 bits per heavy atom. The van der Waals surface area contributed by atoms with Crippen LogP contribution in [0.3, 0.4) is 0 Å². The third-order valence-electron chi connectivity index (χ3n) is 5.14. The third kappa shape index (κ3) is 3.59. The predicted molar refractivity (Wildman–Crippen MR) is 102 cm³/mol. The number of amides is 2. The number of piperidine rings is 1. The Kier molecular flexibility index (Phi) is 5.30. The van der Waals surface area contributed by atoms with Crippen molar-refractivity contribution in [2.24, 2.45) is 11.8 Å². The quantitative estimate of drug-likeness (QED) is 0.451. The number of non-ortho nitro benzene ring substituents is 1. The Hall–Kier alpha value is -2.70. The molecule has 0 saturated carbocycles. The van der Waals surface area contributed by atoms with Crippen LogP contribution in [0.2, 0.25) is 0 Å². The molecule has 0 bridgehead atoms. The molecule has 1 saturated heterocycles. The molecule has 2 unspecified atom stereocenters. The Morgan fingerprint density at radius 1 is 1.07 bits per heavy atom. The summed E-state index contributed by atoms with van der Waals surface area (Å²) in [4.78, 5) is 39.9. The van der Waals surface area contributed by atoms with Crippen LogP contribution in [0.5, 0.6) is 0 Å². The highest BCUT2D eigenvalue weighted by atomic mass is 16.6. The molecule has 2 aliphatic heterocycles. The molecule has 2 aliphatic rings. The second kappa shape index (κ2) is 7.50. The maximum absolute atomic E-state index is 13.1. The zero-order chi connectivity index (χ0) is 19.7. The SMILES string of the molecule is CCCN1C(=O)C(c2ccc([N+](=O)[O-])cc2)=C(N2CC(C)CC(C)C2)C1=O. The lowest BCUT2D eigenvalue weighted by Gasteiger charge is -2.37. The molecule has 27 heavy (non-hydrogen) atoms. The normalized spacial score (nSPS) is 23.4. The number of benzene rings is 1. The van der Waals surface area contributed by atoms with Crippen molar-refractivity contribution in [2.75, 3.05) is 19.6 Å². The lowest BCUT2D eigenvalue weighted by atomic mass is 9.91. The van der Waals surface area contributed by atoms with Crippen molar-refractivity contribution in [3.05, 3.63) is 45.6 Å². The molecule has 0 N–H and O–H groups in total. The Labute approximate surface area is 158 Å². The lowest BCUT2D eigenvalue weighted by Crippen LogP contribution is -2.42. The molecule has 7 nitrogen and oxygen atoms in total.